The lowest BCUT2D eigenvalue weighted by atomic mass is 10.4. The Kier molecular flexibility index (Phi) is 4.07. The number of alkyl halides is 3. The zero-order valence-corrected chi connectivity index (χ0v) is 8.32. The van der Waals surface area contributed by atoms with Gasteiger partial charge in [0.05, 0.1) is 6.26 Å². The third-order valence-electron chi connectivity index (χ3n) is 1.40. The summed E-state index contributed by atoms with van der Waals surface area (Å²) in [4.78, 5) is 11.1. The van der Waals surface area contributed by atoms with E-state index in [0.29, 0.717) is 0 Å². The number of halogens is 3. The van der Waals surface area contributed by atoms with Crippen molar-refractivity contribution < 1.29 is 22.4 Å². The van der Waals surface area contributed by atoms with E-state index in [1.54, 1.807) is 0 Å². The van der Waals surface area contributed by atoms with Gasteiger partial charge in [-0.05, 0) is 23.9 Å². The van der Waals surface area contributed by atoms with E-state index in [4.69, 9.17) is 4.42 Å². The zero-order chi connectivity index (χ0) is 11.3. The first kappa shape index (κ1) is 12.0. The minimum Gasteiger partial charge on any atom is -0.459 e. The Labute approximate surface area is 88.0 Å². The molecule has 0 fully saturated rings. The zero-order valence-electron chi connectivity index (χ0n) is 7.50. The highest BCUT2D eigenvalue weighted by molar-refractivity contribution is 8.00. The van der Waals surface area contributed by atoms with E-state index in [9.17, 15) is 18.0 Å². The van der Waals surface area contributed by atoms with Gasteiger partial charge in [0.1, 0.15) is 0 Å². The lowest BCUT2D eigenvalue weighted by Crippen LogP contribution is -2.26. The molecule has 0 atom stereocenters. The summed E-state index contributed by atoms with van der Waals surface area (Å²) >= 11 is -0.173. The average Bonchev–Trinajstić information content (AvgIpc) is 2.63. The van der Waals surface area contributed by atoms with Crippen molar-refractivity contribution in [3.05, 3.63) is 24.2 Å². The molecule has 0 aliphatic heterocycles. The fraction of sp³-hybridized carbons (Fsp3) is 0.375. The van der Waals surface area contributed by atoms with Crippen LogP contribution in [0.3, 0.4) is 0 Å². The summed E-state index contributed by atoms with van der Waals surface area (Å²) in [5, 5.41) is 2.30. The van der Waals surface area contributed by atoms with Gasteiger partial charge in [-0.3, -0.25) is 4.79 Å². The van der Waals surface area contributed by atoms with Crippen molar-refractivity contribution in [1.82, 2.24) is 5.32 Å². The molecule has 1 aromatic rings. The first-order valence-corrected chi connectivity index (χ1v) is 5.00. The lowest BCUT2D eigenvalue weighted by Gasteiger charge is -2.05. The van der Waals surface area contributed by atoms with Crippen molar-refractivity contribution in [2.24, 2.45) is 0 Å². The van der Waals surface area contributed by atoms with Crippen LogP contribution in [0.25, 0.3) is 0 Å². The predicted molar refractivity (Wildman–Crippen MR) is 49.6 cm³/mol. The fourth-order valence-electron chi connectivity index (χ4n) is 0.826. The molecule has 0 aromatic carbocycles. The van der Waals surface area contributed by atoms with Crippen LogP contribution in [0.4, 0.5) is 13.2 Å². The first-order chi connectivity index (χ1) is 6.99. The Hall–Kier alpha value is -1.11. The van der Waals surface area contributed by atoms with Crippen molar-refractivity contribution in [3.8, 4) is 0 Å². The van der Waals surface area contributed by atoms with Gasteiger partial charge < -0.3 is 9.73 Å². The molecule has 1 rings (SSSR count). The monoisotopic (exact) mass is 239 g/mol. The van der Waals surface area contributed by atoms with Crippen molar-refractivity contribution in [2.75, 3.05) is 12.3 Å². The van der Waals surface area contributed by atoms with Gasteiger partial charge in [-0.2, -0.15) is 13.2 Å². The third kappa shape index (κ3) is 4.78. The highest BCUT2D eigenvalue weighted by Crippen LogP contribution is 2.29. The molecule has 1 N–H and O–H groups in total. The molecule has 1 heterocycles. The molecule has 3 nitrogen and oxygen atoms in total. The second-order valence-corrected chi connectivity index (χ2v) is 3.69. The number of carbonyl (C=O) groups is 1. The van der Waals surface area contributed by atoms with Crippen LogP contribution in [-0.2, 0) is 0 Å². The number of hydrogen-bond acceptors (Lipinski definition) is 3. The van der Waals surface area contributed by atoms with Crippen LogP contribution in [-0.4, -0.2) is 23.7 Å². The number of furan rings is 1. The SMILES string of the molecule is O=C(NCCSC(F)(F)F)c1ccco1. The maximum Gasteiger partial charge on any atom is 0.441 e. The van der Waals surface area contributed by atoms with Crippen LogP contribution in [0, 0.1) is 0 Å². The molecule has 0 aliphatic rings. The number of amides is 1. The molecule has 15 heavy (non-hydrogen) atoms. The maximum atomic E-state index is 11.7. The smallest absolute Gasteiger partial charge is 0.441 e. The van der Waals surface area contributed by atoms with E-state index in [1.807, 2.05) is 0 Å². The standard InChI is InChI=1S/C8H8F3NO2S/c9-8(10,11)15-5-3-12-7(13)6-2-1-4-14-6/h1-2,4H,3,5H2,(H,12,13). The molecule has 0 saturated heterocycles. The molecule has 0 saturated carbocycles. The van der Waals surface area contributed by atoms with Gasteiger partial charge in [-0.1, -0.05) is 0 Å². The Morgan fingerprint density at radius 3 is 2.80 bits per heavy atom. The van der Waals surface area contributed by atoms with Crippen molar-refractivity contribution in [3.63, 3.8) is 0 Å². The normalized spacial score (nSPS) is 11.4. The van der Waals surface area contributed by atoms with Crippen molar-refractivity contribution in [1.29, 1.82) is 0 Å². The molecular weight excluding hydrogens is 231 g/mol. The summed E-state index contributed by atoms with van der Waals surface area (Å²) in [5.74, 6) is -0.634. The van der Waals surface area contributed by atoms with Crippen LogP contribution in [0.5, 0.6) is 0 Å². The lowest BCUT2D eigenvalue weighted by molar-refractivity contribution is -0.0327. The van der Waals surface area contributed by atoms with E-state index < -0.39 is 11.4 Å². The van der Waals surface area contributed by atoms with Crippen molar-refractivity contribution >= 4 is 17.7 Å². The van der Waals surface area contributed by atoms with Gasteiger partial charge in [-0.25, -0.2) is 0 Å². The molecule has 0 unspecified atom stereocenters. The molecule has 84 valence electrons. The third-order valence-corrected chi connectivity index (χ3v) is 2.13. The maximum absolute atomic E-state index is 11.7. The van der Waals surface area contributed by atoms with Gasteiger partial charge in [0, 0.05) is 12.3 Å². The van der Waals surface area contributed by atoms with E-state index in [0.717, 1.165) is 0 Å². The number of nitrogens with one attached hydrogen (secondary N) is 1. The molecule has 0 aliphatic carbocycles. The van der Waals surface area contributed by atoms with E-state index >= 15 is 0 Å². The highest BCUT2D eigenvalue weighted by atomic mass is 32.2. The van der Waals surface area contributed by atoms with Crippen LogP contribution in [0.2, 0.25) is 0 Å². The second-order valence-electron chi connectivity index (χ2n) is 2.53. The molecule has 1 amide bonds. The molecule has 1 aromatic heterocycles. The summed E-state index contributed by atoms with van der Waals surface area (Å²) < 4.78 is 39.8. The second kappa shape index (κ2) is 5.11. The molecule has 0 bridgehead atoms. The Bertz CT molecular complexity index is 310. The number of hydrogen-bond donors (Lipinski definition) is 1. The molecular formula is C8H8F3NO2S. The summed E-state index contributed by atoms with van der Waals surface area (Å²) in [6.45, 7) is -0.0519. The topological polar surface area (TPSA) is 42.2 Å². The minimum absolute atomic E-state index is 0.0519. The van der Waals surface area contributed by atoms with Crippen LogP contribution < -0.4 is 5.32 Å². The van der Waals surface area contributed by atoms with E-state index in [2.05, 4.69) is 5.32 Å². The quantitative estimate of drug-likeness (QED) is 0.819. The largest absolute Gasteiger partial charge is 0.459 e. The van der Waals surface area contributed by atoms with Crippen LogP contribution in [0.15, 0.2) is 22.8 Å². The molecule has 0 radical (unpaired) electrons. The molecule has 7 heteroatoms. The number of carbonyl (C=O) groups excluding carboxylic acids is 1. The summed E-state index contributed by atoms with van der Waals surface area (Å²) in [5.41, 5.74) is -4.25. The predicted octanol–water partition coefficient (Wildman–Crippen LogP) is 2.26. The van der Waals surface area contributed by atoms with Crippen LogP contribution in [0.1, 0.15) is 10.6 Å². The summed E-state index contributed by atoms with van der Waals surface area (Å²) in [7, 11) is 0. The summed E-state index contributed by atoms with van der Waals surface area (Å²) in [6.07, 6.45) is 1.32. The Morgan fingerprint density at radius 1 is 1.53 bits per heavy atom. The first-order valence-electron chi connectivity index (χ1n) is 4.01. The average molecular weight is 239 g/mol. The van der Waals surface area contributed by atoms with Crippen LogP contribution >= 0.6 is 11.8 Å². The number of rotatable bonds is 4. The minimum atomic E-state index is -4.25. The Morgan fingerprint density at radius 2 is 2.27 bits per heavy atom. The fourth-order valence-corrected chi connectivity index (χ4v) is 1.26. The van der Waals surface area contributed by atoms with E-state index in [-0.39, 0.29) is 29.8 Å². The summed E-state index contributed by atoms with van der Waals surface area (Å²) in [6, 6.07) is 2.96. The molecule has 0 spiro atoms. The van der Waals surface area contributed by atoms with Gasteiger partial charge in [0.25, 0.3) is 5.91 Å². The Balaban J connectivity index is 2.19. The van der Waals surface area contributed by atoms with Crippen molar-refractivity contribution in [2.45, 2.75) is 5.51 Å². The van der Waals surface area contributed by atoms with E-state index in [1.165, 1.54) is 18.4 Å². The van der Waals surface area contributed by atoms with Gasteiger partial charge in [-0.15, -0.1) is 0 Å². The van der Waals surface area contributed by atoms with Gasteiger partial charge in [0.2, 0.25) is 0 Å². The number of thioether (sulfide) groups is 1. The highest BCUT2D eigenvalue weighted by Gasteiger charge is 2.27. The van der Waals surface area contributed by atoms with Gasteiger partial charge in [0.15, 0.2) is 5.76 Å². The van der Waals surface area contributed by atoms with Gasteiger partial charge >= 0.3 is 5.51 Å².